The fourth-order valence-electron chi connectivity index (χ4n) is 6.20. The molecule has 5 aromatic carbocycles. The Bertz CT molecular complexity index is 1920. The topological polar surface area (TPSA) is 48.5 Å². The van der Waals surface area contributed by atoms with E-state index in [9.17, 15) is 0 Å². The predicted molar refractivity (Wildman–Crippen MR) is 168 cm³/mol. The molecule has 0 amide bonds. The summed E-state index contributed by atoms with van der Waals surface area (Å²) in [6, 6.07) is 49.3. The van der Waals surface area contributed by atoms with Crippen LogP contribution in [0.15, 0.2) is 146 Å². The SMILES string of the molecule is C[C@H](c1ccccc1)c1ccccc1C(c1ccccc1)(c1ccccc1)n1ccc(-c2ccc3nnn(C)c3c2)n1. The molecule has 42 heavy (non-hydrogen) atoms. The zero-order chi connectivity index (χ0) is 28.5. The van der Waals surface area contributed by atoms with Crippen LogP contribution < -0.4 is 0 Å². The van der Waals surface area contributed by atoms with Gasteiger partial charge in [0.2, 0.25) is 0 Å². The van der Waals surface area contributed by atoms with E-state index in [1.807, 2.05) is 13.1 Å². The Morgan fingerprint density at radius 2 is 1.29 bits per heavy atom. The lowest BCUT2D eigenvalue weighted by atomic mass is 9.73. The van der Waals surface area contributed by atoms with Crippen molar-refractivity contribution in [2.45, 2.75) is 18.4 Å². The minimum absolute atomic E-state index is 0.170. The van der Waals surface area contributed by atoms with Gasteiger partial charge < -0.3 is 0 Å². The van der Waals surface area contributed by atoms with Crippen molar-refractivity contribution in [1.29, 1.82) is 0 Å². The van der Waals surface area contributed by atoms with Crippen LogP contribution in [-0.4, -0.2) is 24.8 Å². The zero-order valence-electron chi connectivity index (χ0n) is 23.7. The van der Waals surface area contributed by atoms with Crippen LogP contribution in [0.5, 0.6) is 0 Å². The van der Waals surface area contributed by atoms with Crippen molar-refractivity contribution in [2.75, 3.05) is 0 Å². The monoisotopic (exact) mass is 545 g/mol. The Morgan fingerprint density at radius 1 is 0.667 bits per heavy atom. The van der Waals surface area contributed by atoms with Crippen molar-refractivity contribution in [1.82, 2.24) is 24.8 Å². The van der Waals surface area contributed by atoms with Crippen LogP contribution in [0.4, 0.5) is 0 Å². The molecule has 2 heterocycles. The lowest BCUT2D eigenvalue weighted by Gasteiger charge is -2.38. The standard InChI is InChI=1S/C37H31N5/c1-27(28-14-6-3-7-15-28)32-20-12-13-21-33(32)37(30-16-8-4-9-17-30,31-18-10-5-11-19-31)42-25-24-34(39-42)29-22-23-35-36(26-29)41(2)40-38-35/h3-27H,1-2H3/t27-/m1/s1. The van der Waals surface area contributed by atoms with Gasteiger partial charge in [-0.15, -0.1) is 5.10 Å². The van der Waals surface area contributed by atoms with Crippen molar-refractivity contribution in [2.24, 2.45) is 7.05 Å². The third-order valence-corrected chi connectivity index (χ3v) is 8.34. The molecule has 0 saturated carbocycles. The first kappa shape index (κ1) is 25.7. The van der Waals surface area contributed by atoms with Crippen molar-refractivity contribution >= 4 is 11.0 Å². The van der Waals surface area contributed by atoms with Gasteiger partial charge in [0.1, 0.15) is 11.1 Å². The maximum atomic E-state index is 5.34. The number of aromatic nitrogens is 5. The first-order valence-corrected chi connectivity index (χ1v) is 14.3. The molecular weight excluding hydrogens is 514 g/mol. The first-order valence-electron chi connectivity index (χ1n) is 14.3. The van der Waals surface area contributed by atoms with Gasteiger partial charge in [-0.1, -0.05) is 133 Å². The van der Waals surface area contributed by atoms with Crippen LogP contribution in [0.1, 0.15) is 40.7 Å². The normalized spacial score (nSPS) is 12.4. The maximum Gasteiger partial charge on any atom is 0.138 e. The molecule has 7 aromatic rings. The highest BCUT2D eigenvalue weighted by atomic mass is 15.4. The molecule has 0 bridgehead atoms. The van der Waals surface area contributed by atoms with Gasteiger partial charge >= 0.3 is 0 Å². The number of aryl methyl sites for hydroxylation is 1. The highest BCUT2D eigenvalue weighted by Gasteiger charge is 2.41. The quantitative estimate of drug-likeness (QED) is 0.192. The largest absolute Gasteiger partial charge is 0.253 e. The molecule has 5 nitrogen and oxygen atoms in total. The van der Waals surface area contributed by atoms with E-state index in [0.717, 1.165) is 33.4 Å². The van der Waals surface area contributed by atoms with Gasteiger partial charge in [-0.25, -0.2) is 4.68 Å². The molecule has 0 radical (unpaired) electrons. The van der Waals surface area contributed by atoms with E-state index in [2.05, 4.69) is 162 Å². The number of nitrogens with zero attached hydrogens (tertiary/aromatic N) is 5. The van der Waals surface area contributed by atoms with Crippen LogP contribution in [0.25, 0.3) is 22.3 Å². The Kier molecular flexibility index (Phi) is 6.48. The second-order valence-electron chi connectivity index (χ2n) is 10.7. The molecule has 0 fully saturated rings. The van der Waals surface area contributed by atoms with E-state index in [1.54, 1.807) is 4.68 Å². The third-order valence-electron chi connectivity index (χ3n) is 8.34. The Labute approximate surface area is 245 Å². The smallest absolute Gasteiger partial charge is 0.138 e. The third kappa shape index (κ3) is 4.22. The van der Waals surface area contributed by atoms with Crippen molar-refractivity contribution in [3.8, 4) is 11.3 Å². The summed E-state index contributed by atoms with van der Waals surface area (Å²) in [6.07, 6.45) is 2.12. The van der Waals surface area contributed by atoms with E-state index in [1.165, 1.54) is 16.7 Å². The summed E-state index contributed by atoms with van der Waals surface area (Å²) in [5.74, 6) is 0.170. The molecule has 1 atom stereocenters. The van der Waals surface area contributed by atoms with Gasteiger partial charge in [-0.2, -0.15) is 5.10 Å². The molecule has 2 aromatic heterocycles. The number of rotatable bonds is 7. The van der Waals surface area contributed by atoms with Gasteiger partial charge in [-0.3, -0.25) is 4.68 Å². The molecule has 204 valence electrons. The first-order chi connectivity index (χ1) is 20.7. The average Bonchev–Trinajstić information content (AvgIpc) is 3.70. The Balaban J connectivity index is 1.51. The van der Waals surface area contributed by atoms with Gasteiger partial charge in [0.05, 0.1) is 11.2 Å². The number of benzene rings is 5. The van der Waals surface area contributed by atoms with Crippen LogP contribution in [0.2, 0.25) is 0 Å². The summed E-state index contributed by atoms with van der Waals surface area (Å²) in [7, 11) is 1.92. The zero-order valence-corrected chi connectivity index (χ0v) is 23.7. The van der Waals surface area contributed by atoms with Crippen molar-refractivity contribution < 1.29 is 0 Å². The summed E-state index contributed by atoms with van der Waals surface area (Å²) in [4.78, 5) is 0. The molecule has 0 spiro atoms. The van der Waals surface area contributed by atoms with Crippen molar-refractivity contribution in [3.05, 3.63) is 174 Å². The molecule has 7 rings (SSSR count). The van der Waals surface area contributed by atoms with Crippen LogP contribution in [0, 0.1) is 0 Å². The van der Waals surface area contributed by atoms with E-state index in [-0.39, 0.29) is 5.92 Å². The number of hydrogen-bond donors (Lipinski definition) is 0. The molecule has 0 saturated heterocycles. The maximum absolute atomic E-state index is 5.34. The summed E-state index contributed by atoms with van der Waals surface area (Å²) in [5.41, 5.74) is 9.05. The minimum Gasteiger partial charge on any atom is -0.253 e. The average molecular weight is 546 g/mol. The summed E-state index contributed by atoms with van der Waals surface area (Å²) in [6.45, 7) is 2.29. The van der Waals surface area contributed by atoms with Gasteiger partial charge in [0, 0.05) is 24.7 Å². The molecule has 0 aliphatic heterocycles. The Morgan fingerprint density at radius 3 is 1.98 bits per heavy atom. The summed E-state index contributed by atoms with van der Waals surface area (Å²) in [5, 5.41) is 13.8. The van der Waals surface area contributed by atoms with E-state index in [4.69, 9.17) is 5.10 Å². The number of fused-ring (bicyclic) bond motifs is 1. The van der Waals surface area contributed by atoms with Crippen molar-refractivity contribution in [3.63, 3.8) is 0 Å². The highest BCUT2D eigenvalue weighted by molar-refractivity contribution is 5.80. The molecule has 5 heteroatoms. The highest BCUT2D eigenvalue weighted by Crippen LogP contribution is 2.44. The molecule has 0 aliphatic carbocycles. The molecule has 0 unspecified atom stereocenters. The van der Waals surface area contributed by atoms with Crippen LogP contribution in [0.3, 0.4) is 0 Å². The Hall–Kier alpha value is -5.29. The second kappa shape index (κ2) is 10.6. The van der Waals surface area contributed by atoms with E-state index < -0.39 is 5.54 Å². The van der Waals surface area contributed by atoms with E-state index in [0.29, 0.717) is 0 Å². The lowest BCUT2D eigenvalue weighted by molar-refractivity contribution is 0.456. The van der Waals surface area contributed by atoms with Gasteiger partial charge in [-0.05, 0) is 46.0 Å². The minimum atomic E-state index is -0.724. The molecule has 0 aliphatic rings. The number of hydrogen-bond acceptors (Lipinski definition) is 3. The summed E-state index contributed by atoms with van der Waals surface area (Å²) < 4.78 is 3.95. The fraction of sp³-hybridized carbons (Fsp3) is 0.108. The predicted octanol–water partition coefficient (Wildman–Crippen LogP) is 7.82. The van der Waals surface area contributed by atoms with Crippen LogP contribution in [-0.2, 0) is 12.6 Å². The molecular formula is C37H31N5. The van der Waals surface area contributed by atoms with Crippen LogP contribution >= 0.6 is 0 Å². The van der Waals surface area contributed by atoms with Gasteiger partial charge in [0.25, 0.3) is 0 Å². The summed E-state index contributed by atoms with van der Waals surface area (Å²) >= 11 is 0. The van der Waals surface area contributed by atoms with Gasteiger partial charge in [0.15, 0.2) is 0 Å². The second-order valence-corrected chi connectivity index (χ2v) is 10.7. The molecule has 0 N–H and O–H groups in total. The van der Waals surface area contributed by atoms with E-state index >= 15 is 0 Å². The fourth-order valence-corrected chi connectivity index (χ4v) is 6.20. The lowest BCUT2D eigenvalue weighted by Crippen LogP contribution is -2.39.